The molecule has 0 aromatic heterocycles. The quantitative estimate of drug-likeness (QED) is 0.586. The maximum absolute atomic E-state index is 12.3. The SMILES string of the molecule is CN(C)CC(=O)Nc1ccc2c(c1)[C@H]1C[C@@H](CC(=O)NCC3CC3)O[C@@H](CO)[C@H]1O2. The van der Waals surface area contributed by atoms with Crippen molar-refractivity contribution in [2.24, 2.45) is 5.92 Å². The van der Waals surface area contributed by atoms with Crippen LogP contribution < -0.4 is 15.4 Å². The number of ether oxygens (including phenoxy) is 2. The van der Waals surface area contributed by atoms with Gasteiger partial charge in [-0.25, -0.2) is 0 Å². The van der Waals surface area contributed by atoms with Crippen molar-refractivity contribution in [3.05, 3.63) is 23.8 Å². The Hall–Kier alpha value is -2.16. The zero-order chi connectivity index (χ0) is 21.3. The molecule has 1 saturated heterocycles. The second-order valence-electron chi connectivity index (χ2n) is 8.89. The number of anilines is 1. The molecule has 2 heterocycles. The fourth-order valence-electron chi connectivity index (χ4n) is 4.31. The molecule has 1 aromatic rings. The number of benzene rings is 1. The van der Waals surface area contributed by atoms with E-state index in [9.17, 15) is 14.7 Å². The average Bonchev–Trinajstić information content (AvgIpc) is 3.45. The Kier molecular flexibility index (Phi) is 6.26. The lowest BCUT2D eigenvalue weighted by molar-refractivity contribution is -0.142. The molecular weight excluding hydrogens is 386 g/mol. The lowest BCUT2D eigenvalue weighted by atomic mass is 9.84. The van der Waals surface area contributed by atoms with Crippen LogP contribution in [0.25, 0.3) is 0 Å². The molecule has 4 rings (SSSR count). The monoisotopic (exact) mass is 417 g/mol. The number of hydrogen-bond acceptors (Lipinski definition) is 6. The predicted molar refractivity (Wildman–Crippen MR) is 111 cm³/mol. The number of aliphatic hydroxyl groups is 1. The summed E-state index contributed by atoms with van der Waals surface area (Å²) in [6, 6.07) is 5.61. The third kappa shape index (κ3) is 4.94. The van der Waals surface area contributed by atoms with E-state index in [1.807, 2.05) is 37.2 Å². The summed E-state index contributed by atoms with van der Waals surface area (Å²) < 4.78 is 12.1. The molecule has 8 nitrogen and oxygen atoms in total. The molecule has 2 fully saturated rings. The van der Waals surface area contributed by atoms with Gasteiger partial charge < -0.3 is 30.1 Å². The van der Waals surface area contributed by atoms with Gasteiger partial charge in [0, 0.05) is 23.7 Å². The van der Waals surface area contributed by atoms with Gasteiger partial charge in [0.25, 0.3) is 0 Å². The van der Waals surface area contributed by atoms with Gasteiger partial charge in [-0.2, -0.15) is 0 Å². The standard InChI is InChI=1S/C22H31N3O5/c1-25(2)11-21(28)24-14-5-6-18-16(7-14)17-8-15(29-19(12-26)22(17)30-18)9-20(27)23-10-13-3-4-13/h5-7,13,15,17,19,22,26H,3-4,8-12H2,1-2H3,(H,23,27)(H,24,28)/t15-,17+,19-,22-/m0/s1. The molecule has 0 spiro atoms. The van der Waals surface area contributed by atoms with Gasteiger partial charge >= 0.3 is 0 Å². The van der Waals surface area contributed by atoms with E-state index in [2.05, 4.69) is 10.6 Å². The molecule has 1 aromatic carbocycles. The summed E-state index contributed by atoms with van der Waals surface area (Å²) in [7, 11) is 3.69. The fourth-order valence-corrected chi connectivity index (χ4v) is 4.31. The molecular formula is C22H31N3O5. The van der Waals surface area contributed by atoms with Gasteiger partial charge in [-0.15, -0.1) is 0 Å². The van der Waals surface area contributed by atoms with Gasteiger partial charge in [-0.05, 0) is 57.5 Å². The van der Waals surface area contributed by atoms with E-state index in [-0.39, 0.29) is 43.0 Å². The molecule has 1 aliphatic carbocycles. The van der Waals surface area contributed by atoms with Crippen LogP contribution >= 0.6 is 0 Å². The highest BCUT2D eigenvalue weighted by Crippen LogP contribution is 2.47. The highest BCUT2D eigenvalue weighted by atomic mass is 16.6. The number of amides is 2. The maximum Gasteiger partial charge on any atom is 0.238 e. The Morgan fingerprint density at radius 1 is 1.23 bits per heavy atom. The Bertz CT molecular complexity index is 795. The van der Waals surface area contributed by atoms with Crippen LogP contribution in [0.1, 0.15) is 37.2 Å². The van der Waals surface area contributed by atoms with Crippen molar-refractivity contribution in [1.29, 1.82) is 0 Å². The molecule has 0 radical (unpaired) electrons. The number of rotatable bonds is 8. The van der Waals surface area contributed by atoms with Gasteiger partial charge in [0.15, 0.2) is 0 Å². The molecule has 8 heteroatoms. The molecule has 0 bridgehead atoms. The third-order valence-corrected chi connectivity index (χ3v) is 5.94. The Morgan fingerprint density at radius 2 is 2.03 bits per heavy atom. The van der Waals surface area contributed by atoms with Crippen LogP contribution in [0.3, 0.4) is 0 Å². The fraction of sp³-hybridized carbons (Fsp3) is 0.636. The summed E-state index contributed by atoms with van der Waals surface area (Å²) in [6.45, 7) is 0.878. The summed E-state index contributed by atoms with van der Waals surface area (Å²) in [5.74, 6) is 1.30. The maximum atomic E-state index is 12.3. The topological polar surface area (TPSA) is 100 Å². The van der Waals surface area contributed by atoms with Crippen molar-refractivity contribution in [3.8, 4) is 5.75 Å². The van der Waals surface area contributed by atoms with Crippen LogP contribution in [-0.2, 0) is 14.3 Å². The van der Waals surface area contributed by atoms with Gasteiger partial charge in [-0.3, -0.25) is 9.59 Å². The van der Waals surface area contributed by atoms with Gasteiger partial charge in [-0.1, -0.05) is 0 Å². The lowest BCUT2D eigenvalue weighted by Gasteiger charge is -2.37. The van der Waals surface area contributed by atoms with E-state index < -0.39 is 6.10 Å². The molecule has 1 saturated carbocycles. The molecule has 3 aliphatic rings. The van der Waals surface area contributed by atoms with Crippen LogP contribution in [0.5, 0.6) is 5.75 Å². The second kappa shape index (κ2) is 8.91. The van der Waals surface area contributed by atoms with Crippen LogP contribution in [0, 0.1) is 5.92 Å². The van der Waals surface area contributed by atoms with Crippen LogP contribution in [0.15, 0.2) is 18.2 Å². The van der Waals surface area contributed by atoms with Gasteiger partial charge in [0.1, 0.15) is 18.0 Å². The normalized spacial score (nSPS) is 27.2. The van der Waals surface area contributed by atoms with Crippen molar-refractivity contribution in [3.63, 3.8) is 0 Å². The highest BCUT2D eigenvalue weighted by Gasteiger charge is 2.46. The molecule has 30 heavy (non-hydrogen) atoms. The van der Waals surface area contributed by atoms with E-state index >= 15 is 0 Å². The number of aliphatic hydroxyl groups excluding tert-OH is 1. The summed E-state index contributed by atoms with van der Waals surface area (Å²) >= 11 is 0. The van der Waals surface area contributed by atoms with Crippen molar-refractivity contribution in [2.75, 3.05) is 39.1 Å². The number of nitrogens with zero attached hydrogens (tertiary/aromatic N) is 1. The number of hydrogen-bond donors (Lipinski definition) is 3. The second-order valence-corrected chi connectivity index (χ2v) is 8.89. The van der Waals surface area contributed by atoms with Crippen molar-refractivity contribution < 1.29 is 24.2 Å². The smallest absolute Gasteiger partial charge is 0.238 e. The minimum absolute atomic E-state index is 0.00845. The van der Waals surface area contributed by atoms with Gasteiger partial charge in [0.05, 0.1) is 25.7 Å². The van der Waals surface area contributed by atoms with E-state index in [0.29, 0.717) is 18.9 Å². The van der Waals surface area contributed by atoms with E-state index in [0.717, 1.165) is 23.5 Å². The van der Waals surface area contributed by atoms with E-state index in [1.165, 1.54) is 12.8 Å². The zero-order valence-electron chi connectivity index (χ0n) is 17.6. The largest absolute Gasteiger partial charge is 0.487 e. The number of nitrogens with one attached hydrogen (secondary N) is 2. The Morgan fingerprint density at radius 3 is 2.73 bits per heavy atom. The molecule has 4 atom stereocenters. The van der Waals surface area contributed by atoms with Crippen LogP contribution in [0.4, 0.5) is 5.69 Å². The first-order valence-electron chi connectivity index (χ1n) is 10.7. The minimum atomic E-state index is -0.482. The third-order valence-electron chi connectivity index (χ3n) is 5.94. The Labute approximate surface area is 176 Å². The van der Waals surface area contributed by atoms with Gasteiger partial charge in [0.2, 0.25) is 11.8 Å². The first-order chi connectivity index (χ1) is 14.4. The molecule has 2 aliphatic heterocycles. The van der Waals surface area contributed by atoms with Crippen molar-refractivity contribution in [2.45, 2.75) is 49.9 Å². The summed E-state index contributed by atoms with van der Waals surface area (Å²) in [5, 5.41) is 15.7. The number of fused-ring (bicyclic) bond motifs is 3. The number of carbonyl (C=O) groups is 2. The summed E-state index contributed by atoms with van der Waals surface area (Å²) in [6.07, 6.45) is 2.26. The molecule has 3 N–H and O–H groups in total. The van der Waals surface area contributed by atoms with Crippen molar-refractivity contribution >= 4 is 17.5 Å². The minimum Gasteiger partial charge on any atom is -0.487 e. The zero-order valence-corrected chi connectivity index (χ0v) is 17.6. The first-order valence-corrected chi connectivity index (χ1v) is 10.7. The van der Waals surface area contributed by atoms with Crippen molar-refractivity contribution in [1.82, 2.24) is 10.2 Å². The van der Waals surface area contributed by atoms with Crippen LogP contribution in [0.2, 0.25) is 0 Å². The highest BCUT2D eigenvalue weighted by molar-refractivity contribution is 5.92. The number of carbonyl (C=O) groups excluding carboxylic acids is 2. The average molecular weight is 418 g/mol. The molecule has 0 unspecified atom stereocenters. The van der Waals surface area contributed by atoms with Crippen LogP contribution in [-0.4, -0.2) is 73.9 Å². The number of likely N-dealkylation sites (N-methyl/N-ethyl adjacent to an activating group) is 1. The summed E-state index contributed by atoms with van der Waals surface area (Å²) in [5.41, 5.74) is 1.71. The molecule has 2 amide bonds. The first kappa shape index (κ1) is 21.1. The lowest BCUT2D eigenvalue weighted by Crippen LogP contribution is -2.47. The predicted octanol–water partition coefficient (Wildman–Crippen LogP) is 1.10. The van der Waals surface area contributed by atoms with E-state index in [4.69, 9.17) is 9.47 Å². The molecule has 164 valence electrons. The summed E-state index contributed by atoms with van der Waals surface area (Å²) in [4.78, 5) is 26.2. The Balaban J connectivity index is 1.44. The van der Waals surface area contributed by atoms with E-state index in [1.54, 1.807) is 0 Å².